The van der Waals surface area contributed by atoms with Crippen LogP contribution in [0.4, 0.5) is 5.69 Å². The van der Waals surface area contributed by atoms with Gasteiger partial charge in [-0.1, -0.05) is 0 Å². The van der Waals surface area contributed by atoms with E-state index in [9.17, 15) is 9.90 Å². The quantitative estimate of drug-likeness (QED) is 0.798. The summed E-state index contributed by atoms with van der Waals surface area (Å²) in [5, 5.41) is 12.0. The van der Waals surface area contributed by atoms with Crippen molar-refractivity contribution in [2.24, 2.45) is 0 Å². The van der Waals surface area contributed by atoms with Crippen molar-refractivity contribution >= 4 is 11.6 Å². The van der Waals surface area contributed by atoms with Gasteiger partial charge in [0, 0.05) is 12.6 Å². The zero-order valence-electron chi connectivity index (χ0n) is 10.4. The van der Waals surface area contributed by atoms with Crippen LogP contribution in [0, 0.1) is 20.8 Å². The maximum absolute atomic E-state index is 12.0. The van der Waals surface area contributed by atoms with Gasteiger partial charge >= 0.3 is 0 Å². The molecule has 0 aliphatic heterocycles. The summed E-state index contributed by atoms with van der Waals surface area (Å²) in [7, 11) is 0. The third kappa shape index (κ3) is 2.34. The molecule has 0 fully saturated rings. The van der Waals surface area contributed by atoms with Gasteiger partial charge < -0.3 is 14.8 Å². The van der Waals surface area contributed by atoms with E-state index in [0.29, 0.717) is 17.3 Å². The third-order valence-electron chi connectivity index (χ3n) is 2.57. The maximum Gasteiger partial charge on any atom is 0.293 e. The van der Waals surface area contributed by atoms with Gasteiger partial charge in [0.25, 0.3) is 5.91 Å². The number of nitrogens with zero attached hydrogens (tertiary/aromatic N) is 1. The Labute approximate surface area is 104 Å². The molecule has 1 amide bonds. The molecule has 0 unspecified atom stereocenters. The summed E-state index contributed by atoms with van der Waals surface area (Å²) in [4.78, 5) is 16.0. The van der Waals surface area contributed by atoms with Gasteiger partial charge in [-0.3, -0.25) is 4.79 Å². The summed E-state index contributed by atoms with van der Waals surface area (Å²) >= 11 is 0. The Hall–Kier alpha value is -2.30. The number of aromatic hydroxyl groups is 1. The molecule has 2 aromatic rings. The largest absolute Gasteiger partial charge is 0.508 e. The predicted octanol–water partition coefficient (Wildman–Crippen LogP) is 2.56. The number of aromatic nitrogens is 1. The summed E-state index contributed by atoms with van der Waals surface area (Å²) < 4.78 is 5.24. The molecule has 1 aromatic heterocycles. The van der Waals surface area contributed by atoms with Crippen molar-refractivity contribution in [3.05, 3.63) is 41.1 Å². The third-order valence-corrected chi connectivity index (χ3v) is 2.57. The summed E-state index contributed by atoms with van der Waals surface area (Å²) in [5.41, 5.74) is 1.96. The van der Waals surface area contributed by atoms with Crippen LogP contribution in [0.15, 0.2) is 22.6 Å². The number of aryl methyl sites for hydroxylation is 3. The van der Waals surface area contributed by atoms with Crippen LogP contribution < -0.4 is 5.32 Å². The Morgan fingerprint density at radius 2 is 2.06 bits per heavy atom. The Kier molecular flexibility index (Phi) is 3.06. The fourth-order valence-electron chi connectivity index (χ4n) is 1.71. The van der Waals surface area contributed by atoms with Crippen molar-refractivity contribution in [1.29, 1.82) is 0 Å². The molecule has 2 N–H and O–H groups in total. The first-order valence-electron chi connectivity index (χ1n) is 5.52. The minimum atomic E-state index is -0.345. The number of phenolic OH excluding ortho intramolecular Hbond substituents is 1. The average molecular weight is 246 g/mol. The van der Waals surface area contributed by atoms with Crippen LogP contribution in [0.25, 0.3) is 0 Å². The standard InChI is InChI=1S/C13H14N2O3/c1-7-6-10(16)4-5-11(7)15-13(17)12-8(2)14-9(3)18-12/h4-6,16H,1-3H3,(H,15,17). The predicted molar refractivity (Wildman–Crippen MR) is 66.8 cm³/mol. The summed E-state index contributed by atoms with van der Waals surface area (Å²) in [5.74, 6) is 0.485. The zero-order valence-corrected chi connectivity index (χ0v) is 10.4. The van der Waals surface area contributed by atoms with E-state index >= 15 is 0 Å². The lowest BCUT2D eigenvalue weighted by atomic mass is 10.2. The molecule has 5 heteroatoms. The lowest BCUT2D eigenvalue weighted by molar-refractivity contribution is 0.0994. The topological polar surface area (TPSA) is 75.4 Å². The van der Waals surface area contributed by atoms with Crippen LogP contribution in [0.1, 0.15) is 27.7 Å². The molecule has 2 rings (SSSR count). The van der Waals surface area contributed by atoms with Gasteiger partial charge in [-0.05, 0) is 37.6 Å². The highest BCUT2D eigenvalue weighted by Gasteiger charge is 2.16. The maximum atomic E-state index is 12.0. The number of phenols is 1. The molecule has 0 saturated carbocycles. The van der Waals surface area contributed by atoms with Crippen LogP contribution in [-0.4, -0.2) is 16.0 Å². The molecule has 94 valence electrons. The fourth-order valence-corrected chi connectivity index (χ4v) is 1.71. The summed E-state index contributed by atoms with van der Waals surface area (Å²) in [6.45, 7) is 5.21. The van der Waals surface area contributed by atoms with Gasteiger partial charge in [-0.25, -0.2) is 4.98 Å². The van der Waals surface area contributed by atoms with Gasteiger partial charge in [0.1, 0.15) is 5.75 Å². The number of rotatable bonds is 2. The van der Waals surface area contributed by atoms with E-state index in [1.165, 1.54) is 6.07 Å². The number of oxazole rings is 1. The number of benzene rings is 1. The Bertz CT molecular complexity index is 602. The van der Waals surface area contributed by atoms with Gasteiger partial charge in [0.15, 0.2) is 5.89 Å². The molecule has 0 aliphatic carbocycles. The van der Waals surface area contributed by atoms with Gasteiger partial charge in [0.2, 0.25) is 5.76 Å². The number of carbonyl (C=O) groups is 1. The molecule has 1 heterocycles. The lowest BCUT2D eigenvalue weighted by Gasteiger charge is -2.07. The highest BCUT2D eigenvalue weighted by atomic mass is 16.4. The second-order valence-electron chi connectivity index (χ2n) is 4.10. The minimum absolute atomic E-state index is 0.164. The van der Waals surface area contributed by atoms with E-state index in [0.717, 1.165) is 5.56 Å². The number of carbonyl (C=O) groups excluding carboxylic acids is 1. The number of hydrogen-bond donors (Lipinski definition) is 2. The lowest BCUT2D eigenvalue weighted by Crippen LogP contribution is -2.13. The van der Waals surface area contributed by atoms with Crippen molar-refractivity contribution in [2.45, 2.75) is 20.8 Å². The number of hydrogen-bond acceptors (Lipinski definition) is 4. The Balaban J connectivity index is 2.24. The molecular weight excluding hydrogens is 232 g/mol. The van der Waals surface area contributed by atoms with Crippen LogP contribution >= 0.6 is 0 Å². The molecular formula is C13H14N2O3. The first-order valence-corrected chi connectivity index (χ1v) is 5.52. The van der Waals surface area contributed by atoms with Crippen molar-refractivity contribution in [3.8, 4) is 5.75 Å². The van der Waals surface area contributed by atoms with Gasteiger partial charge in [-0.2, -0.15) is 0 Å². The van der Waals surface area contributed by atoms with Crippen LogP contribution in [-0.2, 0) is 0 Å². The Morgan fingerprint density at radius 1 is 1.33 bits per heavy atom. The van der Waals surface area contributed by atoms with Crippen molar-refractivity contribution in [3.63, 3.8) is 0 Å². The van der Waals surface area contributed by atoms with Crippen molar-refractivity contribution in [1.82, 2.24) is 4.98 Å². The summed E-state index contributed by atoms with van der Waals surface area (Å²) in [6, 6.07) is 4.73. The number of anilines is 1. The monoisotopic (exact) mass is 246 g/mol. The Morgan fingerprint density at radius 3 is 2.61 bits per heavy atom. The second kappa shape index (κ2) is 4.52. The molecule has 5 nitrogen and oxygen atoms in total. The van der Waals surface area contributed by atoms with Crippen LogP contribution in [0.3, 0.4) is 0 Å². The van der Waals surface area contributed by atoms with E-state index in [4.69, 9.17) is 4.42 Å². The van der Waals surface area contributed by atoms with Crippen molar-refractivity contribution < 1.29 is 14.3 Å². The number of nitrogens with one attached hydrogen (secondary N) is 1. The SMILES string of the molecule is Cc1nc(C)c(C(=O)Nc2ccc(O)cc2C)o1. The molecule has 0 bridgehead atoms. The van der Waals surface area contributed by atoms with E-state index in [1.54, 1.807) is 32.9 Å². The normalized spacial score (nSPS) is 10.4. The zero-order chi connectivity index (χ0) is 13.3. The van der Waals surface area contributed by atoms with Crippen LogP contribution in [0.5, 0.6) is 5.75 Å². The molecule has 0 spiro atoms. The molecule has 1 aromatic carbocycles. The van der Waals surface area contributed by atoms with E-state index in [-0.39, 0.29) is 17.4 Å². The average Bonchev–Trinajstić information content (AvgIpc) is 2.62. The van der Waals surface area contributed by atoms with Crippen LogP contribution in [0.2, 0.25) is 0 Å². The minimum Gasteiger partial charge on any atom is -0.508 e. The second-order valence-corrected chi connectivity index (χ2v) is 4.10. The first kappa shape index (κ1) is 12.2. The highest BCUT2D eigenvalue weighted by Crippen LogP contribution is 2.21. The molecule has 0 radical (unpaired) electrons. The van der Waals surface area contributed by atoms with E-state index in [1.807, 2.05) is 0 Å². The van der Waals surface area contributed by atoms with E-state index in [2.05, 4.69) is 10.3 Å². The van der Waals surface area contributed by atoms with Gasteiger partial charge in [-0.15, -0.1) is 0 Å². The highest BCUT2D eigenvalue weighted by molar-refractivity contribution is 6.03. The van der Waals surface area contributed by atoms with E-state index < -0.39 is 0 Å². The summed E-state index contributed by atoms with van der Waals surface area (Å²) in [6.07, 6.45) is 0. The smallest absolute Gasteiger partial charge is 0.293 e. The van der Waals surface area contributed by atoms with Gasteiger partial charge in [0.05, 0.1) is 5.69 Å². The number of amides is 1. The fraction of sp³-hybridized carbons (Fsp3) is 0.231. The molecule has 0 aliphatic rings. The molecule has 18 heavy (non-hydrogen) atoms. The first-order chi connectivity index (χ1) is 8.47. The van der Waals surface area contributed by atoms with Crippen molar-refractivity contribution in [2.75, 3.05) is 5.32 Å². The molecule has 0 atom stereocenters. The molecule has 0 saturated heterocycles.